The zero-order valence-electron chi connectivity index (χ0n) is 9.47. The van der Waals surface area contributed by atoms with E-state index in [-0.39, 0.29) is 18.8 Å². The summed E-state index contributed by atoms with van der Waals surface area (Å²) in [7, 11) is 0. The van der Waals surface area contributed by atoms with Gasteiger partial charge in [0, 0.05) is 19.6 Å². The van der Waals surface area contributed by atoms with Gasteiger partial charge in [0.2, 0.25) is 0 Å². The molecule has 4 nitrogen and oxygen atoms in total. The molecule has 0 unspecified atom stereocenters. The Balaban J connectivity index is 2.53. The highest BCUT2D eigenvalue weighted by molar-refractivity contribution is 5.66. The second-order valence-corrected chi connectivity index (χ2v) is 3.77. The summed E-state index contributed by atoms with van der Waals surface area (Å²) >= 11 is 0. The SMILES string of the molecule is O=C(O)CCN(CCO)Cc1ccc(F)cc1. The first-order valence-corrected chi connectivity index (χ1v) is 5.41. The van der Waals surface area contributed by atoms with E-state index >= 15 is 0 Å². The maximum atomic E-state index is 12.7. The van der Waals surface area contributed by atoms with Crippen molar-refractivity contribution in [1.82, 2.24) is 4.90 Å². The standard InChI is InChI=1S/C12H16FNO3/c13-11-3-1-10(2-4-11)9-14(7-8-15)6-5-12(16)17/h1-4,15H,5-9H2,(H,16,17). The lowest BCUT2D eigenvalue weighted by Gasteiger charge is -2.20. The van der Waals surface area contributed by atoms with Gasteiger partial charge in [-0.25, -0.2) is 4.39 Å². The largest absolute Gasteiger partial charge is 0.481 e. The Hall–Kier alpha value is -1.46. The molecule has 1 aromatic carbocycles. The first kappa shape index (κ1) is 13.6. The van der Waals surface area contributed by atoms with Gasteiger partial charge in [0.15, 0.2) is 0 Å². The molecule has 1 rings (SSSR count). The van der Waals surface area contributed by atoms with E-state index < -0.39 is 5.97 Å². The molecule has 0 aromatic heterocycles. The molecule has 0 atom stereocenters. The van der Waals surface area contributed by atoms with E-state index in [1.165, 1.54) is 12.1 Å². The Labute approximate surface area is 99.3 Å². The average molecular weight is 241 g/mol. The van der Waals surface area contributed by atoms with E-state index in [9.17, 15) is 9.18 Å². The monoisotopic (exact) mass is 241 g/mol. The number of rotatable bonds is 7. The third kappa shape index (κ3) is 5.42. The molecule has 0 aliphatic rings. The third-order valence-corrected chi connectivity index (χ3v) is 2.38. The Morgan fingerprint density at radius 1 is 1.24 bits per heavy atom. The van der Waals surface area contributed by atoms with Gasteiger partial charge in [-0.1, -0.05) is 12.1 Å². The number of nitrogens with zero attached hydrogens (tertiary/aromatic N) is 1. The summed E-state index contributed by atoms with van der Waals surface area (Å²) in [4.78, 5) is 12.3. The maximum absolute atomic E-state index is 12.7. The fourth-order valence-corrected chi connectivity index (χ4v) is 1.51. The van der Waals surface area contributed by atoms with Gasteiger partial charge in [-0.15, -0.1) is 0 Å². The highest BCUT2D eigenvalue weighted by Crippen LogP contribution is 2.07. The van der Waals surface area contributed by atoms with Crippen molar-refractivity contribution in [1.29, 1.82) is 0 Å². The van der Waals surface area contributed by atoms with Crippen molar-refractivity contribution in [2.45, 2.75) is 13.0 Å². The van der Waals surface area contributed by atoms with Crippen LogP contribution in [0.25, 0.3) is 0 Å². The summed E-state index contributed by atoms with van der Waals surface area (Å²) in [6.07, 6.45) is 0.0290. The number of carbonyl (C=O) groups is 1. The van der Waals surface area contributed by atoms with Crippen molar-refractivity contribution in [3.63, 3.8) is 0 Å². The number of carboxylic acid groups (broad SMARTS) is 1. The van der Waals surface area contributed by atoms with Crippen molar-refractivity contribution in [2.24, 2.45) is 0 Å². The molecule has 0 heterocycles. The molecular weight excluding hydrogens is 225 g/mol. The molecule has 0 saturated heterocycles. The van der Waals surface area contributed by atoms with Crippen LogP contribution in [0.5, 0.6) is 0 Å². The van der Waals surface area contributed by atoms with Gasteiger partial charge in [-0.2, -0.15) is 0 Å². The van der Waals surface area contributed by atoms with Crippen molar-refractivity contribution in [2.75, 3.05) is 19.7 Å². The normalized spacial score (nSPS) is 10.8. The van der Waals surface area contributed by atoms with Crippen molar-refractivity contribution < 1.29 is 19.4 Å². The number of halogens is 1. The molecule has 0 aliphatic heterocycles. The number of hydrogen-bond acceptors (Lipinski definition) is 3. The van der Waals surface area contributed by atoms with Gasteiger partial charge in [0.25, 0.3) is 0 Å². The third-order valence-electron chi connectivity index (χ3n) is 2.38. The van der Waals surface area contributed by atoms with Gasteiger partial charge in [0.1, 0.15) is 5.82 Å². The van der Waals surface area contributed by atoms with E-state index in [1.807, 2.05) is 4.90 Å². The smallest absolute Gasteiger partial charge is 0.304 e. The van der Waals surface area contributed by atoms with Crippen LogP contribution >= 0.6 is 0 Å². The van der Waals surface area contributed by atoms with Crippen LogP contribution in [0.4, 0.5) is 4.39 Å². The molecule has 0 radical (unpaired) electrons. The lowest BCUT2D eigenvalue weighted by Crippen LogP contribution is -2.28. The zero-order valence-corrected chi connectivity index (χ0v) is 9.47. The summed E-state index contributed by atoms with van der Waals surface area (Å²) in [5.41, 5.74) is 0.894. The number of aliphatic hydroxyl groups is 1. The highest BCUT2D eigenvalue weighted by Gasteiger charge is 2.07. The second-order valence-electron chi connectivity index (χ2n) is 3.77. The molecule has 0 fully saturated rings. The number of aliphatic carboxylic acids is 1. The number of carboxylic acids is 1. The van der Waals surface area contributed by atoms with Crippen molar-refractivity contribution >= 4 is 5.97 Å². The van der Waals surface area contributed by atoms with Crippen LogP contribution in [-0.4, -0.2) is 40.8 Å². The molecule has 2 N–H and O–H groups in total. The van der Waals surface area contributed by atoms with Crippen LogP contribution in [0.2, 0.25) is 0 Å². The van der Waals surface area contributed by atoms with Crippen LogP contribution in [0, 0.1) is 5.82 Å². The molecule has 0 amide bonds. The highest BCUT2D eigenvalue weighted by atomic mass is 19.1. The Kier molecular flexibility index (Phi) is 5.59. The topological polar surface area (TPSA) is 60.8 Å². The minimum Gasteiger partial charge on any atom is -0.481 e. The molecule has 0 spiro atoms. The molecular formula is C12H16FNO3. The molecule has 1 aromatic rings. The van der Waals surface area contributed by atoms with Gasteiger partial charge in [0.05, 0.1) is 13.0 Å². The molecule has 5 heteroatoms. The molecule has 94 valence electrons. The predicted octanol–water partition coefficient (Wildman–Crippen LogP) is 1.09. The summed E-state index contributed by atoms with van der Waals surface area (Å²) < 4.78 is 12.7. The molecule has 17 heavy (non-hydrogen) atoms. The number of aliphatic hydroxyl groups excluding tert-OH is 1. The number of benzene rings is 1. The van der Waals surface area contributed by atoms with E-state index in [1.54, 1.807) is 12.1 Å². The van der Waals surface area contributed by atoms with Gasteiger partial charge >= 0.3 is 5.97 Å². The van der Waals surface area contributed by atoms with Crippen LogP contribution < -0.4 is 0 Å². The Bertz CT molecular complexity index is 353. The summed E-state index contributed by atoms with van der Waals surface area (Å²) in [6.45, 7) is 1.26. The van der Waals surface area contributed by atoms with Crippen molar-refractivity contribution in [3.05, 3.63) is 35.6 Å². The quantitative estimate of drug-likeness (QED) is 0.750. The van der Waals surface area contributed by atoms with Gasteiger partial charge in [-0.05, 0) is 17.7 Å². The van der Waals surface area contributed by atoms with Crippen LogP contribution in [0.3, 0.4) is 0 Å². The van der Waals surface area contributed by atoms with E-state index in [0.29, 0.717) is 19.6 Å². The fourth-order valence-electron chi connectivity index (χ4n) is 1.51. The lowest BCUT2D eigenvalue weighted by atomic mass is 10.2. The van der Waals surface area contributed by atoms with E-state index in [2.05, 4.69) is 0 Å². The van der Waals surface area contributed by atoms with E-state index in [4.69, 9.17) is 10.2 Å². The minimum atomic E-state index is -0.868. The van der Waals surface area contributed by atoms with Crippen LogP contribution in [0.1, 0.15) is 12.0 Å². The number of hydrogen-bond donors (Lipinski definition) is 2. The Morgan fingerprint density at radius 2 is 1.88 bits per heavy atom. The molecule has 0 aliphatic carbocycles. The van der Waals surface area contributed by atoms with Crippen LogP contribution in [-0.2, 0) is 11.3 Å². The maximum Gasteiger partial charge on any atom is 0.304 e. The predicted molar refractivity (Wildman–Crippen MR) is 61.0 cm³/mol. The summed E-state index contributed by atoms with van der Waals surface area (Å²) in [5.74, 6) is -1.17. The Morgan fingerprint density at radius 3 is 2.41 bits per heavy atom. The minimum absolute atomic E-state index is 0.0270. The summed E-state index contributed by atoms with van der Waals surface area (Å²) in [5, 5.41) is 17.5. The first-order valence-electron chi connectivity index (χ1n) is 5.41. The summed E-state index contributed by atoms with van der Waals surface area (Å²) in [6, 6.07) is 6.04. The second kappa shape index (κ2) is 6.98. The lowest BCUT2D eigenvalue weighted by molar-refractivity contribution is -0.137. The van der Waals surface area contributed by atoms with Crippen molar-refractivity contribution in [3.8, 4) is 0 Å². The van der Waals surface area contributed by atoms with Gasteiger partial charge in [-0.3, -0.25) is 9.69 Å². The first-order chi connectivity index (χ1) is 8.11. The van der Waals surface area contributed by atoms with Gasteiger partial charge < -0.3 is 10.2 Å². The fraction of sp³-hybridized carbons (Fsp3) is 0.417. The van der Waals surface area contributed by atoms with E-state index in [0.717, 1.165) is 5.56 Å². The zero-order chi connectivity index (χ0) is 12.7. The average Bonchev–Trinajstić information content (AvgIpc) is 2.29. The van der Waals surface area contributed by atoms with Crippen LogP contribution in [0.15, 0.2) is 24.3 Å². The molecule has 0 saturated carbocycles. The molecule has 0 bridgehead atoms.